The minimum Gasteiger partial charge on any atom is -0.497 e. The second kappa shape index (κ2) is 18.7. The maximum atomic E-state index is 13.3. The van der Waals surface area contributed by atoms with Gasteiger partial charge in [0.15, 0.2) is 0 Å². The Hall–Kier alpha value is -5.50. The van der Waals surface area contributed by atoms with Crippen LogP contribution in [0.1, 0.15) is 59.6 Å². The molecule has 0 unspecified atom stereocenters. The molecule has 0 radical (unpaired) electrons. The summed E-state index contributed by atoms with van der Waals surface area (Å²) in [7, 11) is 3.32. The van der Waals surface area contributed by atoms with Crippen LogP contribution in [0.15, 0.2) is 138 Å². The van der Waals surface area contributed by atoms with E-state index in [4.69, 9.17) is 14.2 Å². The van der Waals surface area contributed by atoms with Crippen LogP contribution in [0, 0.1) is 0 Å². The van der Waals surface area contributed by atoms with Crippen molar-refractivity contribution >= 4 is 23.9 Å². The lowest BCUT2D eigenvalue weighted by Gasteiger charge is -2.36. The molecule has 5 rings (SSSR count). The number of aliphatic hydroxyl groups is 1. The number of nitrogens with zero attached hydrogens (tertiary/aromatic N) is 1. The fourth-order valence-electron chi connectivity index (χ4n) is 6.68. The third-order valence-corrected chi connectivity index (χ3v) is 9.23. The van der Waals surface area contributed by atoms with Crippen molar-refractivity contribution < 1.29 is 24.1 Å². The monoisotopic (exact) mass is 696 g/mol. The van der Waals surface area contributed by atoms with Gasteiger partial charge in [0.25, 0.3) is 0 Å². The van der Waals surface area contributed by atoms with Gasteiger partial charge in [-0.1, -0.05) is 109 Å². The molecule has 0 saturated heterocycles. The van der Waals surface area contributed by atoms with E-state index in [2.05, 4.69) is 29.2 Å². The number of carbonyl (C=O) groups is 1. The van der Waals surface area contributed by atoms with E-state index in [1.165, 1.54) is 0 Å². The average Bonchev–Trinajstić information content (AvgIpc) is 3.19. The normalized spacial score (nSPS) is 11.8. The molecule has 52 heavy (non-hydrogen) atoms. The van der Waals surface area contributed by atoms with Crippen LogP contribution in [0.25, 0.3) is 5.57 Å². The van der Waals surface area contributed by atoms with Gasteiger partial charge in [0, 0.05) is 31.7 Å². The Morgan fingerprint density at radius 1 is 0.750 bits per heavy atom. The van der Waals surface area contributed by atoms with E-state index in [0.29, 0.717) is 19.6 Å². The molecule has 0 bridgehead atoms. The van der Waals surface area contributed by atoms with Crippen LogP contribution in [-0.2, 0) is 21.6 Å². The van der Waals surface area contributed by atoms with E-state index in [0.717, 1.165) is 74.6 Å². The first-order chi connectivity index (χ1) is 25.4. The van der Waals surface area contributed by atoms with Crippen LogP contribution in [0.5, 0.6) is 11.5 Å². The van der Waals surface area contributed by atoms with Gasteiger partial charge in [0.2, 0.25) is 5.91 Å². The van der Waals surface area contributed by atoms with Crippen molar-refractivity contribution in [1.29, 1.82) is 0 Å². The Balaban J connectivity index is 1.30. The molecule has 0 spiro atoms. The summed E-state index contributed by atoms with van der Waals surface area (Å²) >= 11 is 0. The van der Waals surface area contributed by atoms with Crippen molar-refractivity contribution in [2.75, 3.05) is 34.0 Å². The molecule has 0 aliphatic heterocycles. The summed E-state index contributed by atoms with van der Waals surface area (Å²) < 4.78 is 17.9. The summed E-state index contributed by atoms with van der Waals surface area (Å²) in [6.07, 6.45) is 2.18. The van der Waals surface area contributed by atoms with Gasteiger partial charge in [0.05, 0.1) is 19.9 Å². The topological polar surface area (TPSA) is 89.4 Å². The molecule has 268 valence electrons. The van der Waals surface area contributed by atoms with Crippen molar-refractivity contribution in [1.82, 2.24) is 5.32 Å². The van der Waals surface area contributed by atoms with Gasteiger partial charge in [-0.3, -0.25) is 9.79 Å². The first kappa shape index (κ1) is 37.7. The quantitative estimate of drug-likeness (QED) is 0.0544. The van der Waals surface area contributed by atoms with Gasteiger partial charge >= 0.3 is 0 Å². The second-order valence-electron chi connectivity index (χ2n) is 12.6. The van der Waals surface area contributed by atoms with E-state index in [9.17, 15) is 9.90 Å². The number of aliphatic hydroxyl groups excluding tert-OH is 1. The molecule has 0 aromatic heterocycles. The molecular formula is C45H48N2O5. The number of ether oxygens (including phenoxy) is 3. The predicted octanol–water partition coefficient (Wildman–Crippen LogP) is 8.69. The Morgan fingerprint density at radius 3 is 1.88 bits per heavy atom. The van der Waals surface area contributed by atoms with Crippen molar-refractivity contribution in [3.8, 4) is 11.5 Å². The second-order valence-corrected chi connectivity index (χ2v) is 12.6. The number of rotatable bonds is 18. The number of methoxy groups -OCH3 is 2. The van der Waals surface area contributed by atoms with Gasteiger partial charge in [-0.05, 0) is 90.6 Å². The molecule has 0 fully saturated rings. The number of para-hydroxylation sites is 1. The Kier molecular flexibility index (Phi) is 13.5. The van der Waals surface area contributed by atoms with Gasteiger partial charge in [-0.25, -0.2) is 0 Å². The highest BCUT2D eigenvalue weighted by molar-refractivity contribution is 5.91. The Morgan fingerprint density at radius 2 is 1.33 bits per heavy atom. The first-order valence-corrected chi connectivity index (χ1v) is 17.7. The maximum absolute atomic E-state index is 13.3. The highest BCUT2D eigenvalue weighted by atomic mass is 16.5. The third-order valence-electron chi connectivity index (χ3n) is 9.23. The zero-order valence-corrected chi connectivity index (χ0v) is 30.3. The van der Waals surface area contributed by atoms with E-state index < -0.39 is 5.60 Å². The summed E-state index contributed by atoms with van der Waals surface area (Å²) in [6.45, 7) is 6.80. The molecule has 0 atom stereocenters. The van der Waals surface area contributed by atoms with Crippen molar-refractivity contribution in [3.63, 3.8) is 0 Å². The van der Waals surface area contributed by atoms with Crippen LogP contribution in [0.2, 0.25) is 0 Å². The van der Waals surface area contributed by atoms with Gasteiger partial charge in [0.1, 0.15) is 17.1 Å². The largest absolute Gasteiger partial charge is 0.497 e. The fraction of sp³-hybridized carbons (Fsp3) is 0.244. The van der Waals surface area contributed by atoms with E-state index >= 15 is 0 Å². The molecule has 5 aromatic carbocycles. The van der Waals surface area contributed by atoms with Gasteiger partial charge in [-0.15, -0.1) is 0 Å². The lowest BCUT2D eigenvalue weighted by atomic mass is 9.80. The van der Waals surface area contributed by atoms with E-state index in [1.54, 1.807) is 14.2 Å². The Bertz CT molecular complexity index is 1870. The zero-order chi connectivity index (χ0) is 36.8. The number of aliphatic imine (C=N–C) groups is 1. The number of benzene rings is 5. The van der Waals surface area contributed by atoms with Crippen LogP contribution in [-0.4, -0.2) is 51.7 Å². The molecule has 0 heterocycles. The van der Waals surface area contributed by atoms with Crippen LogP contribution in [0.4, 0.5) is 5.69 Å². The molecular weight excluding hydrogens is 649 g/mol. The minimum atomic E-state index is -0.883. The predicted molar refractivity (Wildman–Crippen MR) is 210 cm³/mol. The molecule has 0 saturated carbocycles. The number of nitrogens with one attached hydrogen (secondary N) is 1. The first-order valence-electron chi connectivity index (χ1n) is 17.7. The van der Waals surface area contributed by atoms with Crippen molar-refractivity contribution in [2.45, 2.75) is 38.2 Å². The number of amides is 1. The number of hydrogen-bond donors (Lipinski definition) is 2. The molecule has 5 aromatic rings. The molecule has 7 heteroatoms. The van der Waals surface area contributed by atoms with Crippen LogP contribution in [0.3, 0.4) is 0 Å². The summed E-state index contributed by atoms with van der Waals surface area (Å²) in [5.74, 6) is 1.48. The smallest absolute Gasteiger partial charge is 0.224 e. The van der Waals surface area contributed by atoms with Crippen molar-refractivity contribution in [2.24, 2.45) is 4.99 Å². The van der Waals surface area contributed by atoms with Crippen molar-refractivity contribution in [3.05, 3.63) is 166 Å². The minimum absolute atomic E-state index is 0.0129. The molecule has 0 aliphatic rings. The summed E-state index contributed by atoms with van der Waals surface area (Å²) in [6, 6.07) is 42.2. The third kappa shape index (κ3) is 8.86. The Labute approximate surface area is 307 Å². The number of unbranched alkanes of at least 4 members (excludes halogenated alkanes) is 1. The van der Waals surface area contributed by atoms with Gasteiger partial charge < -0.3 is 24.6 Å². The standard InChI is InChI=1S/C45H48N2O5/c1-33(43(34-14-7-5-8-15-34)41-19-13-16-35(28-30-48)44(41)46-2)32-42(49)47-29-11-12-31-52-45(36-17-9-6-10-18-36,37-20-24-39(50-3)25-21-37)38-22-26-40(51-4)27-23-38/h5-10,13-27,48H,2,11-12,28-32H2,1,3-4H3,(H,47,49)/b43-33+. The molecule has 0 aliphatic carbocycles. The number of carbonyl (C=O) groups excluding carboxylic acids is 1. The lowest BCUT2D eigenvalue weighted by molar-refractivity contribution is -0.120. The van der Waals surface area contributed by atoms with E-state index in [1.807, 2.05) is 122 Å². The molecule has 7 nitrogen and oxygen atoms in total. The molecule has 1 amide bonds. The highest BCUT2D eigenvalue weighted by Crippen LogP contribution is 2.42. The van der Waals surface area contributed by atoms with E-state index in [-0.39, 0.29) is 18.9 Å². The lowest BCUT2D eigenvalue weighted by Crippen LogP contribution is -2.33. The maximum Gasteiger partial charge on any atom is 0.224 e. The molecule has 2 N–H and O–H groups in total. The summed E-state index contributed by atoms with van der Waals surface area (Å²) in [5, 5.41) is 12.8. The van der Waals surface area contributed by atoms with Crippen LogP contribution < -0.4 is 14.8 Å². The summed E-state index contributed by atoms with van der Waals surface area (Å²) in [4.78, 5) is 17.7. The summed E-state index contributed by atoms with van der Waals surface area (Å²) in [5.41, 5.74) is 7.47. The van der Waals surface area contributed by atoms with Crippen LogP contribution >= 0.6 is 0 Å². The number of hydrogen-bond acceptors (Lipinski definition) is 6. The van der Waals surface area contributed by atoms with Gasteiger partial charge in [-0.2, -0.15) is 0 Å². The zero-order valence-electron chi connectivity index (χ0n) is 30.3. The SMILES string of the molecule is C=Nc1c(CCO)cccc1/C(=C(\C)CC(=O)NCCCCOC(c1ccccc1)(c1ccc(OC)cc1)c1ccc(OC)cc1)c1ccccc1. The fourth-order valence-corrected chi connectivity index (χ4v) is 6.68. The average molecular weight is 697 g/mol. The highest BCUT2D eigenvalue weighted by Gasteiger charge is 2.37.